The number of rotatable bonds is 4. The van der Waals surface area contributed by atoms with Gasteiger partial charge in [0.15, 0.2) is 0 Å². The van der Waals surface area contributed by atoms with Crippen LogP contribution in [-0.2, 0) is 11.3 Å². The average molecular weight is 266 g/mol. The molecule has 0 bridgehead atoms. The summed E-state index contributed by atoms with van der Waals surface area (Å²) in [5.74, 6) is 0.166. The molecule has 2 N–H and O–H groups in total. The molecule has 2 rings (SSSR count). The number of nitrogens with one attached hydrogen (secondary N) is 1. The largest absolute Gasteiger partial charge is 0.481 e. The fourth-order valence-corrected chi connectivity index (χ4v) is 2.53. The Morgan fingerprint density at radius 1 is 1.63 bits per heavy atom. The van der Waals surface area contributed by atoms with Gasteiger partial charge in [-0.1, -0.05) is 0 Å². The molecule has 1 unspecified atom stereocenters. The highest BCUT2D eigenvalue weighted by Crippen LogP contribution is 2.24. The topological polar surface area (TPSA) is 65.7 Å². The maximum absolute atomic E-state index is 10.9. The normalized spacial score (nSPS) is 24.0. The monoisotopic (exact) mass is 266 g/mol. The second kappa shape index (κ2) is 5.75. The molecule has 1 aromatic heterocycles. The Morgan fingerprint density at radius 3 is 3.05 bits per heavy atom. The molecule has 0 saturated carbocycles. The van der Waals surface area contributed by atoms with Crippen LogP contribution in [0, 0.1) is 0 Å². The molecular weight excluding hydrogens is 244 g/mol. The maximum Gasteiger partial charge on any atom is 0.304 e. The van der Waals surface area contributed by atoms with Crippen molar-refractivity contribution in [1.82, 2.24) is 10.2 Å². The second-order valence-corrected chi connectivity index (χ2v) is 5.77. The number of hydrogen-bond acceptors (Lipinski definition) is 4. The molecule has 0 amide bonds. The molecule has 106 valence electrons. The first kappa shape index (κ1) is 14.1. The molecule has 1 aliphatic heterocycles. The zero-order valence-corrected chi connectivity index (χ0v) is 11.6. The molecule has 1 atom stereocenters. The Hall–Kier alpha value is -1.33. The van der Waals surface area contributed by atoms with Crippen LogP contribution >= 0.6 is 0 Å². The van der Waals surface area contributed by atoms with Crippen LogP contribution in [0.5, 0.6) is 0 Å². The molecule has 1 saturated heterocycles. The van der Waals surface area contributed by atoms with Crippen molar-refractivity contribution in [2.45, 2.75) is 44.8 Å². The Labute approximate surface area is 113 Å². The SMILES string of the molecule is CC1(C)CCNC(CC(=O)O)CN1Cc1ccco1. The standard InChI is InChI=1S/C14H22N2O3/c1-14(2)5-6-15-11(8-13(17)18)9-16(14)10-12-4-3-7-19-12/h3-4,7,11,15H,5-6,8-10H2,1-2H3,(H,17,18). The molecule has 1 aromatic rings. The van der Waals surface area contributed by atoms with Gasteiger partial charge in [-0.05, 0) is 38.9 Å². The Balaban J connectivity index is 2.08. The average Bonchev–Trinajstić information content (AvgIpc) is 2.75. The summed E-state index contributed by atoms with van der Waals surface area (Å²) in [5, 5.41) is 12.3. The number of carboxylic acids is 1. The summed E-state index contributed by atoms with van der Waals surface area (Å²) < 4.78 is 5.41. The fourth-order valence-electron chi connectivity index (χ4n) is 2.53. The lowest BCUT2D eigenvalue weighted by Crippen LogP contribution is -2.46. The van der Waals surface area contributed by atoms with Gasteiger partial charge < -0.3 is 14.8 Å². The lowest BCUT2D eigenvalue weighted by atomic mass is 9.98. The molecule has 5 nitrogen and oxygen atoms in total. The number of carbonyl (C=O) groups is 1. The molecule has 19 heavy (non-hydrogen) atoms. The zero-order chi connectivity index (χ0) is 13.9. The van der Waals surface area contributed by atoms with Crippen molar-refractivity contribution in [2.75, 3.05) is 13.1 Å². The molecule has 1 aliphatic rings. The third-order valence-corrected chi connectivity index (χ3v) is 3.81. The van der Waals surface area contributed by atoms with E-state index in [4.69, 9.17) is 9.52 Å². The lowest BCUT2D eigenvalue weighted by molar-refractivity contribution is -0.137. The quantitative estimate of drug-likeness (QED) is 0.868. The number of nitrogens with zero attached hydrogens (tertiary/aromatic N) is 1. The van der Waals surface area contributed by atoms with Gasteiger partial charge in [0.25, 0.3) is 0 Å². The molecule has 0 aliphatic carbocycles. The van der Waals surface area contributed by atoms with E-state index in [9.17, 15) is 4.79 Å². The summed E-state index contributed by atoms with van der Waals surface area (Å²) in [4.78, 5) is 13.2. The highest BCUT2D eigenvalue weighted by atomic mass is 16.4. The Kier molecular flexibility index (Phi) is 4.27. The molecule has 0 spiro atoms. The summed E-state index contributed by atoms with van der Waals surface area (Å²) in [7, 11) is 0. The molecule has 5 heteroatoms. The van der Waals surface area contributed by atoms with Crippen LogP contribution in [0.15, 0.2) is 22.8 Å². The highest BCUT2D eigenvalue weighted by Gasteiger charge is 2.32. The van der Waals surface area contributed by atoms with Gasteiger partial charge in [0, 0.05) is 18.1 Å². The summed E-state index contributed by atoms with van der Waals surface area (Å²) in [6.45, 7) is 6.68. The Bertz CT molecular complexity index is 414. The highest BCUT2D eigenvalue weighted by molar-refractivity contribution is 5.67. The van der Waals surface area contributed by atoms with E-state index in [0.717, 1.165) is 31.8 Å². The lowest BCUT2D eigenvalue weighted by Gasteiger charge is -2.37. The fraction of sp³-hybridized carbons (Fsp3) is 0.643. The van der Waals surface area contributed by atoms with Crippen LogP contribution in [0.3, 0.4) is 0 Å². The van der Waals surface area contributed by atoms with Gasteiger partial charge in [-0.2, -0.15) is 0 Å². The van der Waals surface area contributed by atoms with E-state index in [-0.39, 0.29) is 18.0 Å². The first-order chi connectivity index (χ1) is 8.97. The third kappa shape index (κ3) is 3.81. The predicted octanol–water partition coefficient (Wildman–Crippen LogP) is 1.70. The van der Waals surface area contributed by atoms with Crippen LogP contribution in [0.1, 0.15) is 32.4 Å². The molecule has 1 fully saturated rings. The van der Waals surface area contributed by atoms with E-state index in [1.165, 1.54) is 0 Å². The number of aliphatic carboxylic acids is 1. The first-order valence-corrected chi connectivity index (χ1v) is 6.70. The smallest absolute Gasteiger partial charge is 0.304 e. The van der Waals surface area contributed by atoms with Crippen molar-refractivity contribution < 1.29 is 14.3 Å². The zero-order valence-electron chi connectivity index (χ0n) is 11.6. The second-order valence-electron chi connectivity index (χ2n) is 5.77. The van der Waals surface area contributed by atoms with E-state index in [1.807, 2.05) is 12.1 Å². The number of hydrogen-bond donors (Lipinski definition) is 2. The summed E-state index contributed by atoms with van der Waals surface area (Å²) >= 11 is 0. The van der Waals surface area contributed by atoms with Crippen molar-refractivity contribution in [3.8, 4) is 0 Å². The summed E-state index contributed by atoms with van der Waals surface area (Å²) in [5.41, 5.74) is 0.0348. The van der Waals surface area contributed by atoms with Gasteiger partial charge in [0.05, 0.1) is 19.2 Å². The maximum atomic E-state index is 10.9. The van der Waals surface area contributed by atoms with Crippen molar-refractivity contribution in [3.63, 3.8) is 0 Å². The van der Waals surface area contributed by atoms with Crippen LogP contribution in [-0.4, -0.2) is 40.6 Å². The van der Waals surface area contributed by atoms with Crippen LogP contribution in [0.2, 0.25) is 0 Å². The number of furan rings is 1. The molecule has 0 aromatic carbocycles. The van der Waals surface area contributed by atoms with Crippen LogP contribution in [0.25, 0.3) is 0 Å². The van der Waals surface area contributed by atoms with E-state index in [1.54, 1.807) is 6.26 Å². The van der Waals surface area contributed by atoms with E-state index >= 15 is 0 Å². The summed E-state index contributed by atoms with van der Waals surface area (Å²) in [6.07, 6.45) is 2.82. The van der Waals surface area contributed by atoms with Gasteiger partial charge in [-0.25, -0.2) is 0 Å². The van der Waals surface area contributed by atoms with Crippen molar-refractivity contribution >= 4 is 5.97 Å². The molecule has 0 radical (unpaired) electrons. The van der Waals surface area contributed by atoms with Crippen molar-refractivity contribution in [3.05, 3.63) is 24.2 Å². The minimum atomic E-state index is -0.754. The van der Waals surface area contributed by atoms with Gasteiger partial charge in [0.1, 0.15) is 5.76 Å². The third-order valence-electron chi connectivity index (χ3n) is 3.81. The predicted molar refractivity (Wildman–Crippen MR) is 71.9 cm³/mol. The van der Waals surface area contributed by atoms with E-state index < -0.39 is 5.97 Å². The van der Waals surface area contributed by atoms with Gasteiger partial charge in [-0.15, -0.1) is 0 Å². The van der Waals surface area contributed by atoms with Crippen LogP contribution in [0.4, 0.5) is 0 Å². The Morgan fingerprint density at radius 2 is 2.42 bits per heavy atom. The molecular formula is C14H22N2O3. The van der Waals surface area contributed by atoms with E-state index in [0.29, 0.717) is 0 Å². The van der Waals surface area contributed by atoms with Crippen molar-refractivity contribution in [1.29, 1.82) is 0 Å². The van der Waals surface area contributed by atoms with Crippen LogP contribution < -0.4 is 5.32 Å². The van der Waals surface area contributed by atoms with Gasteiger partial charge in [0.2, 0.25) is 0 Å². The van der Waals surface area contributed by atoms with Gasteiger partial charge >= 0.3 is 5.97 Å². The summed E-state index contributed by atoms with van der Waals surface area (Å²) in [6, 6.07) is 3.84. The molecule has 2 heterocycles. The van der Waals surface area contributed by atoms with E-state index in [2.05, 4.69) is 24.1 Å². The van der Waals surface area contributed by atoms with Crippen molar-refractivity contribution in [2.24, 2.45) is 0 Å². The first-order valence-electron chi connectivity index (χ1n) is 6.70. The van der Waals surface area contributed by atoms with Gasteiger partial charge in [-0.3, -0.25) is 9.69 Å². The number of carboxylic acid groups (broad SMARTS) is 1. The minimum absolute atomic E-state index is 0.00534. The minimum Gasteiger partial charge on any atom is -0.481 e.